The quantitative estimate of drug-likeness (QED) is 0.185. The van der Waals surface area contributed by atoms with Crippen molar-refractivity contribution in [1.29, 1.82) is 5.26 Å². The third-order valence-corrected chi connectivity index (χ3v) is 11.5. The molecule has 1 aliphatic heterocycles. The van der Waals surface area contributed by atoms with E-state index in [2.05, 4.69) is 155 Å². The normalized spacial score (nSPS) is 16.1. The van der Waals surface area contributed by atoms with Gasteiger partial charge in [-0.05, 0) is 72.8 Å². The number of para-hydroxylation sites is 4. The van der Waals surface area contributed by atoms with Gasteiger partial charge in [-0.1, -0.05) is 91.0 Å². The summed E-state index contributed by atoms with van der Waals surface area (Å²) in [5, 5.41) is 17.0. The van der Waals surface area contributed by atoms with Gasteiger partial charge in [0.2, 0.25) is 0 Å². The van der Waals surface area contributed by atoms with E-state index in [4.69, 9.17) is 9.15 Å². The second-order valence-electron chi connectivity index (χ2n) is 14.3. The maximum atomic E-state index is 10.3. The number of allylic oxidation sites excluding steroid dienone is 2. The first-order chi connectivity index (χ1) is 26.7. The lowest BCUT2D eigenvalue weighted by atomic mass is 9.91. The maximum Gasteiger partial charge on any atom is 0.136 e. The Morgan fingerprint density at radius 1 is 0.500 bits per heavy atom. The Bertz CT molecular complexity index is 3350. The smallest absolute Gasteiger partial charge is 0.136 e. The molecule has 4 heterocycles. The zero-order valence-electron chi connectivity index (χ0n) is 28.9. The molecule has 3 aromatic heterocycles. The lowest BCUT2D eigenvalue weighted by molar-refractivity contribution is 0.269. The molecule has 2 unspecified atom stereocenters. The zero-order valence-corrected chi connectivity index (χ0v) is 28.9. The molecule has 0 amide bonds. The minimum Gasteiger partial charge on any atom is -0.485 e. The van der Waals surface area contributed by atoms with Crippen LogP contribution in [-0.4, -0.2) is 15.2 Å². The fourth-order valence-corrected chi connectivity index (χ4v) is 9.12. The van der Waals surface area contributed by atoms with Gasteiger partial charge in [-0.3, -0.25) is 0 Å². The van der Waals surface area contributed by atoms with Gasteiger partial charge < -0.3 is 18.3 Å². The van der Waals surface area contributed by atoms with Crippen molar-refractivity contribution in [3.63, 3.8) is 0 Å². The molecule has 1 aliphatic carbocycles. The zero-order chi connectivity index (χ0) is 35.5. The summed E-state index contributed by atoms with van der Waals surface area (Å²) in [5.41, 5.74) is 12.0. The second kappa shape index (κ2) is 10.9. The number of benzene rings is 7. The highest BCUT2D eigenvalue weighted by molar-refractivity contribution is 6.17. The first-order valence-electron chi connectivity index (χ1n) is 18.3. The molecule has 10 aromatic rings. The van der Waals surface area contributed by atoms with Crippen LogP contribution in [-0.2, 0) is 0 Å². The summed E-state index contributed by atoms with van der Waals surface area (Å²) in [4.78, 5) is 0. The molecule has 5 nitrogen and oxygen atoms in total. The molecule has 0 saturated carbocycles. The molecule has 0 radical (unpaired) electrons. The van der Waals surface area contributed by atoms with Gasteiger partial charge in [-0.25, -0.2) is 0 Å². The second-order valence-corrected chi connectivity index (χ2v) is 14.3. The van der Waals surface area contributed by atoms with E-state index in [9.17, 15) is 5.26 Å². The topological polar surface area (TPSA) is 56.0 Å². The van der Waals surface area contributed by atoms with Crippen LogP contribution >= 0.6 is 0 Å². The van der Waals surface area contributed by atoms with Crippen molar-refractivity contribution in [2.45, 2.75) is 12.0 Å². The van der Waals surface area contributed by atoms with Crippen molar-refractivity contribution < 1.29 is 9.15 Å². The van der Waals surface area contributed by atoms with Gasteiger partial charge in [0.05, 0.1) is 45.1 Å². The van der Waals surface area contributed by atoms with Gasteiger partial charge in [0.15, 0.2) is 0 Å². The number of fused-ring (bicyclic) bond motifs is 12. The first kappa shape index (κ1) is 29.3. The van der Waals surface area contributed by atoms with E-state index < -0.39 is 0 Å². The van der Waals surface area contributed by atoms with E-state index >= 15 is 0 Å². The van der Waals surface area contributed by atoms with Crippen LogP contribution in [0.5, 0.6) is 5.75 Å². The van der Waals surface area contributed by atoms with Gasteiger partial charge in [-0.2, -0.15) is 5.26 Å². The Labute approximate surface area is 309 Å². The monoisotopic (exact) mass is 691 g/mol. The van der Waals surface area contributed by atoms with E-state index in [0.717, 1.165) is 93.8 Å². The number of nitrogens with zero attached hydrogens (tertiary/aromatic N) is 3. The third kappa shape index (κ3) is 3.97. The van der Waals surface area contributed by atoms with Crippen molar-refractivity contribution in [2.24, 2.45) is 0 Å². The number of nitriles is 1. The predicted octanol–water partition coefficient (Wildman–Crippen LogP) is 12.3. The molecule has 7 aromatic carbocycles. The van der Waals surface area contributed by atoms with Crippen molar-refractivity contribution in [2.75, 3.05) is 0 Å². The van der Waals surface area contributed by atoms with Crippen LogP contribution in [0.4, 0.5) is 0 Å². The largest absolute Gasteiger partial charge is 0.485 e. The lowest BCUT2D eigenvalue weighted by Crippen LogP contribution is -2.15. The highest BCUT2D eigenvalue weighted by Gasteiger charge is 2.33. The van der Waals surface area contributed by atoms with Crippen molar-refractivity contribution >= 4 is 65.6 Å². The third-order valence-electron chi connectivity index (χ3n) is 11.5. The van der Waals surface area contributed by atoms with Crippen LogP contribution in [0.3, 0.4) is 0 Å². The Hall–Kier alpha value is -7.29. The fraction of sp³-hybridized carbons (Fsp3) is 0.0408. The summed E-state index contributed by atoms with van der Waals surface area (Å²) in [6.07, 6.45) is 8.57. The van der Waals surface area contributed by atoms with Crippen LogP contribution in [0.2, 0.25) is 0 Å². The van der Waals surface area contributed by atoms with E-state index in [1.807, 2.05) is 24.3 Å². The molecule has 0 spiro atoms. The van der Waals surface area contributed by atoms with Gasteiger partial charge in [0, 0.05) is 54.9 Å². The van der Waals surface area contributed by atoms with E-state index in [0.29, 0.717) is 5.56 Å². The van der Waals surface area contributed by atoms with Gasteiger partial charge >= 0.3 is 0 Å². The molecule has 54 heavy (non-hydrogen) atoms. The van der Waals surface area contributed by atoms with Gasteiger partial charge in [0.25, 0.3) is 0 Å². The molecule has 5 heteroatoms. The van der Waals surface area contributed by atoms with Crippen LogP contribution in [0, 0.1) is 11.3 Å². The van der Waals surface area contributed by atoms with Crippen LogP contribution in [0.25, 0.3) is 88.1 Å². The highest BCUT2D eigenvalue weighted by atomic mass is 16.5. The Morgan fingerprint density at radius 3 is 1.98 bits per heavy atom. The average Bonchev–Trinajstić information content (AvgIpc) is 3.96. The summed E-state index contributed by atoms with van der Waals surface area (Å²) in [5.74, 6) is 1.10. The number of aromatic nitrogens is 2. The predicted molar refractivity (Wildman–Crippen MR) is 218 cm³/mol. The van der Waals surface area contributed by atoms with E-state index in [1.54, 1.807) is 0 Å². The fourth-order valence-electron chi connectivity index (χ4n) is 9.12. The van der Waals surface area contributed by atoms with Gasteiger partial charge in [-0.15, -0.1) is 0 Å². The molecular weight excluding hydrogens is 663 g/mol. The number of furan rings is 1. The molecule has 2 atom stereocenters. The summed E-state index contributed by atoms with van der Waals surface area (Å²) in [6.45, 7) is 0. The standard InChI is InChI=1S/C49H29N3O2/c50-28-29-21-22-43(52-42-18-8-3-13-32(42)37-27-49-39(25-45(37)52)34-15-5-10-20-47(34)54-49)35(23-29)30-11-1-6-16-40(30)51-41-17-7-2-12-31(41)36-26-48-38(24-44(36)51)33-14-4-9-19-46(33)53-48/h1-27,34,47H. The highest BCUT2D eigenvalue weighted by Crippen LogP contribution is 2.47. The molecule has 0 N–H and O–H groups in total. The van der Waals surface area contributed by atoms with E-state index in [1.165, 1.54) is 5.56 Å². The van der Waals surface area contributed by atoms with Crippen LogP contribution in [0.15, 0.2) is 168 Å². The summed E-state index contributed by atoms with van der Waals surface area (Å²) < 4.78 is 17.6. The maximum absolute atomic E-state index is 10.3. The van der Waals surface area contributed by atoms with Crippen molar-refractivity contribution in [3.8, 4) is 34.3 Å². The summed E-state index contributed by atoms with van der Waals surface area (Å²) in [6, 6.07) is 51.5. The molecule has 2 aliphatic rings. The molecule has 0 saturated heterocycles. The number of hydrogen-bond donors (Lipinski definition) is 0. The first-order valence-corrected chi connectivity index (χ1v) is 18.3. The minimum atomic E-state index is 0.000981. The Kier molecular flexibility index (Phi) is 5.90. The molecule has 252 valence electrons. The van der Waals surface area contributed by atoms with Crippen LogP contribution < -0.4 is 4.74 Å². The van der Waals surface area contributed by atoms with Crippen molar-refractivity contribution in [1.82, 2.24) is 9.13 Å². The minimum absolute atomic E-state index is 0.000981. The van der Waals surface area contributed by atoms with E-state index in [-0.39, 0.29) is 12.0 Å². The average molecular weight is 692 g/mol. The molecular formula is C49H29N3O2. The lowest BCUT2D eigenvalue weighted by Gasteiger charge is -2.19. The van der Waals surface area contributed by atoms with Crippen molar-refractivity contribution in [3.05, 3.63) is 175 Å². The Balaban J connectivity index is 1.16. The summed E-state index contributed by atoms with van der Waals surface area (Å²) in [7, 11) is 0. The molecule has 0 bridgehead atoms. The number of ether oxygens (including phenoxy) is 1. The SMILES string of the molecule is N#Cc1ccc(-n2c3ccccc3c3cc4c(cc32)C2C=CC=CC2O4)c(-c2ccccc2-n2c3ccccc3c3cc4oc5ccccc5c4cc32)c1. The number of rotatable bonds is 3. The Morgan fingerprint density at radius 2 is 1.17 bits per heavy atom. The summed E-state index contributed by atoms with van der Waals surface area (Å²) >= 11 is 0. The molecule has 0 fully saturated rings. The van der Waals surface area contributed by atoms with Crippen LogP contribution in [0.1, 0.15) is 17.0 Å². The van der Waals surface area contributed by atoms with Gasteiger partial charge in [0.1, 0.15) is 23.0 Å². The molecule has 12 rings (SSSR count). The number of hydrogen-bond acceptors (Lipinski definition) is 3.